The highest BCUT2D eigenvalue weighted by atomic mass is 16.7. The van der Waals surface area contributed by atoms with Gasteiger partial charge in [-0.15, -0.1) is 0 Å². The third-order valence-corrected chi connectivity index (χ3v) is 6.64. The molecule has 0 radical (unpaired) electrons. The third-order valence-electron chi connectivity index (χ3n) is 6.64. The molecule has 3 aliphatic rings. The Balaban J connectivity index is 1.61. The van der Waals surface area contributed by atoms with Crippen molar-refractivity contribution < 1.29 is 44.5 Å². The smallest absolute Gasteiger partial charge is 0.204 e. The van der Waals surface area contributed by atoms with E-state index >= 15 is 0 Å². The minimum Gasteiger partial charge on any atom is -0.497 e. The van der Waals surface area contributed by atoms with E-state index in [9.17, 15) is 25.5 Å². The molecule has 0 amide bonds. The summed E-state index contributed by atoms with van der Waals surface area (Å²) in [4.78, 5) is 0. The quantitative estimate of drug-likeness (QED) is 0.327. The van der Waals surface area contributed by atoms with E-state index in [-0.39, 0.29) is 18.4 Å². The van der Waals surface area contributed by atoms with Crippen LogP contribution in [0.1, 0.15) is 26.7 Å². The van der Waals surface area contributed by atoms with Gasteiger partial charge in [0.05, 0.1) is 39.5 Å². The number of rotatable bonds is 8. The van der Waals surface area contributed by atoms with E-state index in [1.165, 1.54) is 7.11 Å². The topological polar surface area (TPSA) is 138 Å². The summed E-state index contributed by atoms with van der Waals surface area (Å²) in [5.74, 6) is -0.907. The van der Waals surface area contributed by atoms with Crippen molar-refractivity contribution >= 4 is 0 Å². The van der Waals surface area contributed by atoms with Gasteiger partial charge in [-0.2, -0.15) is 0 Å². The van der Waals surface area contributed by atoms with Gasteiger partial charge in [0.1, 0.15) is 30.2 Å². The fraction of sp³-hybridized carbons (Fsp3) is 0.810. The van der Waals surface area contributed by atoms with Crippen molar-refractivity contribution in [2.24, 2.45) is 17.8 Å². The van der Waals surface area contributed by atoms with Gasteiger partial charge in [0.2, 0.25) is 5.79 Å². The van der Waals surface area contributed by atoms with Crippen LogP contribution in [-0.4, -0.2) is 89.3 Å². The number of methoxy groups -OCH3 is 2. The molecule has 9 nitrogen and oxygen atoms in total. The van der Waals surface area contributed by atoms with Crippen LogP contribution in [0.3, 0.4) is 0 Å². The maximum atomic E-state index is 10.7. The van der Waals surface area contributed by atoms with Crippen molar-refractivity contribution in [2.75, 3.05) is 27.4 Å². The van der Waals surface area contributed by atoms with E-state index in [2.05, 4.69) is 6.92 Å². The summed E-state index contributed by atoms with van der Waals surface area (Å²) in [5.41, 5.74) is 0.867. The molecular formula is C21H34O9. The lowest BCUT2D eigenvalue weighted by molar-refractivity contribution is -0.273. The van der Waals surface area contributed by atoms with Crippen LogP contribution in [0.25, 0.3) is 0 Å². The van der Waals surface area contributed by atoms with Gasteiger partial charge >= 0.3 is 0 Å². The first-order valence-electron chi connectivity index (χ1n) is 10.3. The van der Waals surface area contributed by atoms with Gasteiger partial charge in [0.25, 0.3) is 0 Å². The molecule has 8 unspecified atom stereocenters. The maximum absolute atomic E-state index is 10.7. The van der Waals surface area contributed by atoms with Gasteiger partial charge in [-0.25, -0.2) is 0 Å². The van der Waals surface area contributed by atoms with Crippen LogP contribution in [0, 0.1) is 17.8 Å². The van der Waals surface area contributed by atoms with Gasteiger partial charge < -0.3 is 44.5 Å². The minimum absolute atomic E-state index is 0.0482. The number of allylic oxidation sites excluding steroid dienone is 2. The van der Waals surface area contributed by atoms with E-state index in [1.807, 2.05) is 13.0 Å². The number of hydrogen-bond acceptors (Lipinski definition) is 9. The Kier molecular flexibility index (Phi) is 7.13. The van der Waals surface area contributed by atoms with Crippen molar-refractivity contribution in [3.63, 3.8) is 0 Å². The van der Waals surface area contributed by atoms with Crippen molar-refractivity contribution in [3.05, 3.63) is 23.2 Å². The van der Waals surface area contributed by atoms with Gasteiger partial charge in [-0.3, -0.25) is 0 Å². The maximum Gasteiger partial charge on any atom is 0.204 e. The van der Waals surface area contributed by atoms with Crippen LogP contribution in [0.15, 0.2) is 23.2 Å². The molecule has 2 aliphatic carbocycles. The summed E-state index contributed by atoms with van der Waals surface area (Å²) in [7, 11) is 3.09. The van der Waals surface area contributed by atoms with E-state index in [0.29, 0.717) is 24.4 Å². The molecule has 1 saturated carbocycles. The van der Waals surface area contributed by atoms with Crippen LogP contribution in [0.2, 0.25) is 0 Å². The molecule has 0 aromatic carbocycles. The van der Waals surface area contributed by atoms with Crippen molar-refractivity contribution in [3.8, 4) is 0 Å². The third kappa shape index (κ3) is 4.00. The van der Waals surface area contributed by atoms with E-state index < -0.39 is 48.8 Å². The van der Waals surface area contributed by atoms with Gasteiger partial charge in [-0.1, -0.05) is 18.6 Å². The van der Waals surface area contributed by atoms with Gasteiger partial charge in [0, 0.05) is 6.42 Å². The predicted octanol–water partition coefficient (Wildman–Crippen LogP) is -0.339. The minimum atomic E-state index is -1.42. The Morgan fingerprint density at radius 1 is 1.17 bits per heavy atom. The van der Waals surface area contributed by atoms with Crippen LogP contribution >= 0.6 is 0 Å². The lowest BCUT2D eigenvalue weighted by atomic mass is 9.78. The zero-order valence-corrected chi connectivity index (χ0v) is 17.9. The average molecular weight is 430 g/mol. The molecule has 30 heavy (non-hydrogen) atoms. The van der Waals surface area contributed by atoms with E-state index in [4.69, 9.17) is 18.9 Å². The standard InChI is InChI=1S/C21H34O9/c1-10(5-6-12-11(2)7-13(27-3)19(28-4)16(12)23)9-29-21-15(20(21)26)18(25)17(24)14(8-22)30-21/h5,11-12,14-18,20,22-26H,6-9H2,1-4H3/b10-5+/t11?,12?,14?,15?,16?,17-,18?,20?,21?/m0/s1. The molecule has 0 aromatic rings. The molecule has 3 rings (SSSR count). The second kappa shape index (κ2) is 9.12. The van der Waals surface area contributed by atoms with Crippen molar-refractivity contribution in [1.29, 1.82) is 0 Å². The van der Waals surface area contributed by atoms with Crippen molar-refractivity contribution in [1.82, 2.24) is 0 Å². The summed E-state index contributed by atoms with van der Waals surface area (Å²) in [6.45, 7) is 3.57. The van der Waals surface area contributed by atoms with Crippen molar-refractivity contribution in [2.45, 2.75) is 63.0 Å². The molecule has 9 heteroatoms. The molecule has 5 N–H and O–H groups in total. The zero-order chi connectivity index (χ0) is 22.2. The fourth-order valence-electron chi connectivity index (χ4n) is 4.64. The lowest BCUT2D eigenvalue weighted by Crippen LogP contribution is -2.51. The molecule has 1 aliphatic heterocycles. The molecule has 2 fully saturated rings. The SMILES string of the molecule is COC1=C(OC)C(O)C(C/C=C(\C)COC23OC(CO)[C@H](O)C(O)C2C3O)C(C)C1. The first-order chi connectivity index (χ1) is 14.2. The number of fused-ring (bicyclic) bond motifs is 1. The second-order valence-electron chi connectivity index (χ2n) is 8.57. The number of aliphatic hydroxyl groups excluding tert-OH is 5. The fourth-order valence-corrected chi connectivity index (χ4v) is 4.64. The summed E-state index contributed by atoms with van der Waals surface area (Å²) in [6, 6.07) is 0. The lowest BCUT2D eigenvalue weighted by Gasteiger charge is -2.35. The monoisotopic (exact) mass is 430 g/mol. The molecule has 0 aromatic heterocycles. The Hall–Kier alpha value is -1.20. The van der Waals surface area contributed by atoms with Gasteiger partial charge in [0.15, 0.2) is 5.76 Å². The molecule has 0 spiro atoms. The van der Waals surface area contributed by atoms with Crippen LogP contribution < -0.4 is 0 Å². The molecule has 9 atom stereocenters. The molecular weight excluding hydrogens is 396 g/mol. The highest BCUT2D eigenvalue weighted by Crippen LogP contribution is 2.55. The average Bonchev–Trinajstić information content (AvgIpc) is 3.32. The second-order valence-corrected chi connectivity index (χ2v) is 8.57. The van der Waals surface area contributed by atoms with E-state index in [0.717, 1.165) is 5.57 Å². The summed E-state index contributed by atoms with van der Waals surface area (Å²) < 4.78 is 22.1. The van der Waals surface area contributed by atoms with Gasteiger partial charge in [-0.05, 0) is 25.2 Å². The zero-order valence-electron chi connectivity index (χ0n) is 17.9. The number of hydrogen-bond donors (Lipinski definition) is 5. The number of ether oxygens (including phenoxy) is 4. The summed E-state index contributed by atoms with van der Waals surface area (Å²) in [5, 5.41) is 50.4. The highest BCUT2D eigenvalue weighted by Gasteiger charge is 2.75. The predicted molar refractivity (Wildman–Crippen MR) is 105 cm³/mol. The first kappa shape index (κ1) is 23.5. The van der Waals surface area contributed by atoms with E-state index in [1.54, 1.807) is 7.11 Å². The summed E-state index contributed by atoms with van der Waals surface area (Å²) in [6.07, 6.45) is -2.13. The Morgan fingerprint density at radius 3 is 2.47 bits per heavy atom. The Bertz CT molecular complexity index is 675. The highest BCUT2D eigenvalue weighted by molar-refractivity contribution is 5.18. The number of aliphatic hydroxyl groups is 5. The molecule has 172 valence electrons. The molecule has 1 heterocycles. The van der Waals surface area contributed by atoms with Crippen LogP contribution in [0.4, 0.5) is 0 Å². The van der Waals surface area contributed by atoms with Crippen LogP contribution in [0.5, 0.6) is 0 Å². The first-order valence-corrected chi connectivity index (χ1v) is 10.3. The largest absolute Gasteiger partial charge is 0.497 e. The summed E-state index contributed by atoms with van der Waals surface area (Å²) >= 11 is 0. The van der Waals surface area contributed by atoms with Crippen LogP contribution in [-0.2, 0) is 18.9 Å². The molecule has 0 bridgehead atoms. The Labute approximate surface area is 176 Å². The Morgan fingerprint density at radius 2 is 1.87 bits per heavy atom. The molecule has 1 saturated heterocycles. The normalized spacial score (nSPS) is 44.0.